The summed E-state index contributed by atoms with van der Waals surface area (Å²) in [6.45, 7) is 11.5. The number of hydrogen-bond donors (Lipinski definition) is 1. The van der Waals surface area contributed by atoms with Gasteiger partial charge in [0, 0.05) is 24.3 Å². The second kappa shape index (κ2) is 6.63. The molecular weight excluding hydrogens is 348 g/mol. The van der Waals surface area contributed by atoms with Crippen molar-refractivity contribution in [2.24, 2.45) is 23.7 Å². The average molecular weight is 380 g/mol. The maximum atomic E-state index is 11.6. The molecule has 2 bridgehead atoms. The first-order chi connectivity index (χ1) is 12.7. The molecule has 5 rings (SSSR count). The number of fused-ring (bicyclic) bond motifs is 2. The van der Waals surface area contributed by atoms with Crippen molar-refractivity contribution in [1.82, 2.24) is 0 Å². The van der Waals surface area contributed by atoms with E-state index in [1.54, 1.807) is 0 Å². The molecular formula is C21H32O6. The first-order valence-corrected chi connectivity index (χ1v) is 10.3. The minimum Gasteiger partial charge on any atom is -0.388 e. The molecule has 1 spiro atoms. The van der Waals surface area contributed by atoms with Crippen molar-refractivity contribution in [2.45, 2.75) is 89.7 Å². The highest BCUT2D eigenvalue weighted by Crippen LogP contribution is 2.60. The highest BCUT2D eigenvalue weighted by molar-refractivity contribution is 5.93. The Labute approximate surface area is 161 Å². The lowest BCUT2D eigenvalue weighted by Crippen LogP contribution is -2.70. The third-order valence-corrected chi connectivity index (χ3v) is 7.60. The molecule has 0 aromatic heterocycles. The molecule has 4 heterocycles. The van der Waals surface area contributed by atoms with Crippen LogP contribution in [0.1, 0.15) is 59.8 Å². The lowest BCUT2D eigenvalue weighted by molar-refractivity contribution is -0.571. The van der Waals surface area contributed by atoms with Gasteiger partial charge in [-0.05, 0) is 50.9 Å². The summed E-state index contributed by atoms with van der Waals surface area (Å²) in [5, 5.41) is 10.5. The number of ether oxygens (including phenoxy) is 2. The summed E-state index contributed by atoms with van der Waals surface area (Å²) in [5.41, 5.74) is -0.359. The third-order valence-electron chi connectivity index (χ3n) is 7.60. The molecule has 9 atom stereocenters. The molecule has 0 aromatic rings. The van der Waals surface area contributed by atoms with E-state index in [4.69, 9.17) is 19.2 Å². The average Bonchev–Trinajstić information content (AvgIpc) is 2.84. The molecule has 152 valence electrons. The van der Waals surface area contributed by atoms with Gasteiger partial charge in [0.2, 0.25) is 5.79 Å². The minimum absolute atomic E-state index is 0.153. The van der Waals surface area contributed by atoms with Gasteiger partial charge in [0.05, 0.1) is 12.2 Å². The molecule has 0 amide bonds. The van der Waals surface area contributed by atoms with Gasteiger partial charge in [-0.2, -0.15) is 0 Å². The Morgan fingerprint density at radius 2 is 1.96 bits per heavy atom. The van der Waals surface area contributed by atoms with E-state index in [-0.39, 0.29) is 29.3 Å². The summed E-state index contributed by atoms with van der Waals surface area (Å²) < 4.78 is 12.7. The molecule has 4 saturated heterocycles. The zero-order chi connectivity index (χ0) is 19.6. The van der Waals surface area contributed by atoms with Crippen LogP contribution in [0.2, 0.25) is 0 Å². The number of ketones is 1. The van der Waals surface area contributed by atoms with E-state index >= 15 is 0 Å². The fraction of sp³-hybridized carbons (Fsp3) is 0.857. The first-order valence-electron chi connectivity index (χ1n) is 10.3. The molecule has 1 saturated carbocycles. The van der Waals surface area contributed by atoms with Gasteiger partial charge < -0.3 is 14.6 Å². The highest BCUT2D eigenvalue weighted by atomic mass is 17.3. The SMILES string of the molecule is C=C(C(C)=O)[C@H](O)C[C@H]1O[C@@H]2O[C@]3(C)CC[C@H]4[C@H](C)CC[C@@H]([C@H]1C)C24OO3. The van der Waals surface area contributed by atoms with Crippen LogP contribution < -0.4 is 0 Å². The van der Waals surface area contributed by atoms with Crippen LogP contribution in [0.15, 0.2) is 12.2 Å². The molecule has 27 heavy (non-hydrogen) atoms. The first kappa shape index (κ1) is 19.5. The van der Waals surface area contributed by atoms with Crippen LogP contribution in [0.25, 0.3) is 0 Å². The quantitative estimate of drug-likeness (QED) is 0.597. The Bertz CT molecular complexity index is 634. The zero-order valence-corrected chi connectivity index (χ0v) is 16.8. The van der Waals surface area contributed by atoms with Crippen molar-refractivity contribution in [3.63, 3.8) is 0 Å². The van der Waals surface area contributed by atoms with Crippen molar-refractivity contribution in [3.8, 4) is 0 Å². The van der Waals surface area contributed by atoms with Gasteiger partial charge in [0.1, 0.15) is 0 Å². The molecule has 6 nitrogen and oxygen atoms in total. The van der Waals surface area contributed by atoms with E-state index in [1.807, 2.05) is 6.92 Å². The maximum absolute atomic E-state index is 11.6. The number of rotatable bonds is 4. The van der Waals surface area contributed by atoms with Crippen LogP contribution in [0.3, 0.4) is 0 Å². The Balaban J connectivity index is 1.64. The summed E-state index contributed by atoms with van der Waals surface area (Å²) in [4.78, 5) is 23.5. The molecule has 4 aliphatic heterocycles. The molecule has 6 heteroatoms. The topological polar surface area (TPSA) is 74.2 Å². The number of Topliss-reactive ketones (excluding diaryl/α,β-unsaturated/α-hetero) is 1. The fourth-order valence-corrected chi connectivity index (χ4v) is 5.85. The summed E-state index contributed by atoms with van der Waals surface area (Å²) in [6.07, 6.45) is 2.62. The van der Waals surface area contributed by atoms with Gasteiger partial charge in [-0.25, -0.2) is 9.78 Å². The monoisotopic (exact) mass is 380 g/mol. The number of aliphatic hydroxyl groups is 1. The van der Waals surface area contributed by atoms with E-state index in [9.17, 15) is 9.90 Å². The highest BCUT2D eigenvalue weighted by Gasteiger charge is 2.69. The zero-order valence-electron chi connectivity index (χ0n) is 16.8. The van der Waals surface area contributed by atoms with Gasteiger partial charge in [-0.1, -0.05) is 20.4 Å². The second-order valence-corrected chi connectivity index (χ2v) is 9.28. The smallest absolute Gasteiger partial charge is 0.201 e. The molecule has 1 N–H and O–H groups in total. The Morgan fingerprint density at radius 3 is 2.67 bits per heavy atom. The summed E-state index contributed by atoms with van der Waals surface area (Å²) >= 11 is 0. The van der Waals surface area contributed by atoms with Crippen LogP contribution in [-0.4, -0.2) is 40.8 Å². The second-order valence-electron chi connectivity index (χ2n) is 9.28. The lowest BCUT2D eigenvalue weighted by Gasteiger charge is -2.60. The molecule has 0 aromatic carbocycles. The standard InChI is InChI=1S/C21H32O6/c1-11-6-7-16-13(3)18(10-17(23)12(2)14(4)22)24-19-21(16)15(11)8-9-20(5,25-19)26-27-21/h11,13,15-19,23H,2,6-10H2,1,3-5H3/t11-,13-,15+,16+,17-,18-,19-,20+,21?/m1/s1. The van der Waals surface area contributed by atoms with Crippen LogP contribution in [-0.2, 0) is 24.0 Å². The lowest BCUT2D eigenvalue weighted by atomic mass is 9.57. The predicted octanol–water partition coefficient (Wildman–Crippen LogP) is 3.13. The normalized spacial score (nSPS) is 49.8. The van der Waals surface area contributed by atoms with E-state index in [2.05, 4.69) is 20.4 Å². The summed E-state index contributed by atoms with van der Waals surface area (Å²) in [6, 6.07) is 0. The number of carbonyl (C=O) groups is 1. The van der Waals surface area contributed by atoms with Gasteiger partial charge in [0.15, 0.2) is 17.7 Å². The molecule has 0 radical (unpaired) electrons. The van der Waals surface area contributed by atoms with E-state index in [1.165, 1.54) is 6.92 Å². The van der Waals surface area contributed by atoms with Gasteiger partial charge in [0.25, 0.3) is 0 Å². The molecule has 5 aliphatic rings. The van der Waals surface area contributed by atoms with E-state index < -0.39 is 23.8 Å². The van der Waals surface area contributed by atoms with E-state index in [0.29, 0.717) is 18.3 Å². The van der Waals surface area contributed by atoms with Gasteiger partial charge >= 0.3 is 0 Å². The van der Waals surface area contributed by atoms with Gasteiger partial charge in [-0.15, -0.1) is 0 Å². The Morgan fingerprint density at radius 1 is 1.22 bits per heavy atom. The van der Waals surface area contributed by atoms with Crippen LogP contribution in [0.4, 0.5) is 0 Å². The molecule has 5 fully saturated rings. The largest absolute Gasteiger partial charge is 0.388 e. The summed E-state index contributed by atoms with van der Waals surface area (Å²) in [7, 11) is 0. The van der Waals surface area contributed by atoms with Crippen molar-refractivity contribution in [2.75, 3.05) is 0 Å². The van der Waals surface area contributed by atoms with Crippen LogP contribution in [0, 0.1) is 23.7 Å². The molecule has 1 unspecified atom stereocenters. The summed E-state index contributed by atoms with van der Waals surface area (Å²) in [5.74, 6) is 0.230. The van der Waals surface area contributed by atoms with Crippen molar-refractivity contribution in [3.05, 3.63) is 12.2 Å². The van der Waals surface area contributed by atoms with Gasteiger partial charge in [-0.3, -0.25) is 4.79 Å². The van der Waals surface area contributed by atoms with Crippen molar-refractivity contribution in [1.29, 1.82) is 0 Å². The minimum atomic E-state index is -0.905. The van der Waals surface area contributed by atoms with Crippen LogP contribution in [0.5, 0.6) is 0 Å². The van der Waals surface area contributed by atoms with E-state index in [0.717, 1.165) is 25.7 Å². The van der Waals surface area contributed by atoms with Crippen LogP contribution >= 0.6 is 0 Å². The Hall–Kier alpha value is -0.790. The maximum Gasteiger partial charge on any atom is 0.201 e. The van der Waals surface area contributed by atoms with Crippen molar-refractivity contribution < 1.29 is 29.1 Å². The molecule has 1 aliphatic carbocycles. The number of aliphatic hydroxyl groups excluding tert-OH is 1. The fourth-order valence-electron chi connectivity index (χ4n) is 5.85. The number of hydrogen-bond acceptors (Lipinski definition) is 6. The Kier molecular flexibility index (Phi) is 4.79. The predicted molar refractivity (Wildman–Crippen MR) is 97.3 cm³/mol. The van der Waals surface area contributed by atoms with Crippen molar-refractivity contribution >= 4 is 5.78 Å². The third kappa shape index (κ3) is 2.92. The number of carbonyl (C=O) groups excluding carboxylic acids is 1.